The summed E-state index contributed by atoms with van der Waals surface area (Å²) in [5, 5.41) is 0. The summed E-state index contributed by atoms with van der Waals surface area (Å²) in [6.07, 6.45) is 4.62. The van der Waals surface area contributed by atoms with E-state index in [0.29, 0.717) is 29.6 Å². The van der Waals surface area contributed by atoms with Gasteiger partial charge < -0.3 is 9.47 Å². The van der Waals surface area contributed by atoms with Crippen molar-refractivity contribution >= 4 is 16.6 Å². The van der Waals surface area contributed by atoms with Crippen molar-refractivity contribution < 1.29 is 23.4 Å². The third kappa shape index (κ3) is 4.60. The summed E-state index contributed by atoms with van der Waals surface area (Å²) in [4.78, 5) is 12.0. The van der Waals surface area contributed by atoms with E-state index in [9.17, 15) is 13.9 Å². The highest BCUT2D eigenvalue weighted by Gasteiger charge is 2.24. The number of aryl methyl sites for hydroxylation is 2. The van der Waals surface area contributed by atoms with Gasteiger partial charge in [-0.1, -0.05) is 12.1 Å². The molecular formula is C23H28O5S. The van der Waals surface area contributed by atoms with Gasteiger partial charge in [-0.2, -0.15) is 10.6 Å². The molecule has 2 aromatic carbocycles. The van der Waals surface area contributed by atoms with Crippen LogP contribution in [-0.2, 0) is 17.6 Å². The number of fused-ring (bicyclic) bond motifs is 3. The van der Waals surface area contributed by atoms with Gasteiger partial charge in [-0.15, -0.1) is 0 Å². The molecule has 156 valence electrons. The SMILES string of the molecule is COC(=O)c1ccc2c(c1)-c1ccc(OCC3CCS(O)(O)CC3)cc1CCC2. The normalized spacial score (nSPS) is 19.4. The lowest BCUT2D eigenvalue weighted by molar-refractivity contribution is 0.0600. The van der Waals surface area contributed by atoms with Crippen LogP contribution in [0, 0.1) is 5.92 Å². The number of hydrogen-bond donors (Lipinski definition) is 2. The Morgan fingerprint density at radius 3 is 2.55 bits per heavy atom. The molecule has 0 bridgehead atoms. The van der Waals surface area contributed by atoms with E-state index in [-0.39, 0.29) is 5.97 Å². The fraction of sp³-hybridized carbons (Fsp3) is 0.435. The standard InChI is InChI=1S/C23H28O5S/c1-27-23(24)19-6-5-17-3-2-4-18-13-20(7-8-21(18)22(17)14-19)28-15-16-9-11-29(25,26)12-10-16/h5-8,13-14,16,25-26H,2-4,9-12,15H2,1H3. The van der Waals surface area contributed by atoms with Gasteiger partial charge >= 0.3 is 5.97 Å². The minimum atomic E-state index is -2.34. The molecular weight excluding hydrogens is 388 g/mol. The summed E-state index contributed by atoms with van der Waals surface area (Å²) in [6.45, 7) is 0.609. The topological polar surface area (TPSA) is 76.0 Å². The van der Waals surface area contributed by atoms with Crippen molar-refractivity contribution in [3.8, 4) is 16.9 Å². The first-order valence-corrected chi connectivity index (χ1v) is 12.0. The van der Waals surface area contributed by atoms with Crippen LogP contribution >= 0.6 is 10.6 Å². The predicted molar refractivity (Wildman–Crippen MR) is 116 cm³/mol. The molecule has 1 saturated heterocycles. The Balaban J connectivity index is 1.52. The fourth-order valence-electron chi connectivity index (χ4n) is 4.23. The Bertz CT molecular complexity index is 898. The lowest BCUT2D eigenvalue weighted by Gasteiger charge is -2.39. The Morgan fingerprint density at radius 2 is 1.79 bits per heavy atom. The van der Waals surface area contributed by atoms with Crippen LogP contribution in [0.1, 0.15) is 40.7 Å². The van der Waals surface area contributed by atoms with Crippen molar-refractivity contribution in [3.63, 3.8) is 0 Å². The van der Waals surface area contributed by atoms with Crippen molar-refractivity contribution in [2.75, 3.05) is 25.2 Å². The summed E-state index contributed by atoms with van der Waals surface area (Å²) >= 11 is 0. The molecule has 0 atom stereocenters. The predicted octanol–water partition coefficient (Wildman–Crippen LogP) is 5.17. The van der Waals surface area contributed by atoms with Crippen LogP contribution in [0.25, 0.3) is 11.1 Å². The summed E-state index contributed by atoms with van der Waals surface area (Å²) < 4.78 is 30.4. The summed E-state index contributed by atoms with van der Waals surface area (Å²) in [5.74, 6) is 1.89. The van der Waals surface area contributed by atoms with E-state index in [2.05, 4.69) is 12.1 Å². The molecule has 2 N–H and O–H groups in total. The van der Waals surface area contributed by atoms with E-state index < -0.39 is 10.6 Å². The number of ether oxygens (including phenoxy) is 2. The van der Waals surface area contributed by atoms with E-state index in [1.807, 2.05) is 24.3 Å². The van der Waals surface area contributed by atoms with Crippen LogP contribution in [0.4, 0.5) is 0 Å². The second-order valence-corrected chi connectivity index (χ2v) is 10.4. The first-order valence-electron chi connectivity index (χ1n) is 10.2. The molecule has 1 heterocycles. The second kappa shape index (κ2) is 8.38. The van der Waals surface area contributed by atoms with Gasteiger partial charge in [0, 0.05) is 11.5 Å². The lowest BCUT2D eigenvalue weighted by atomic mass is 9.94. The maximum absolute atomic E-state index is 12.0. The maximum Gasteiger partial charge on any atom is 0.337 e. The average Bonchev–Trinajstić information content (AvgIpc) is 2.90. The minimum Gasteiger partial charge on any atom is -0.493 e. The van der Waals surface area contributed by atoms with E-state index in [4.69, 9.17) is 9.47 Å². The summed E-state index contributed by atoms with van der Waals surface area (Å²) in [5.41, 5.74) is 5.32. The fourth-order valence-corrected chi connectivity index (χ4v) is 5.85. The van der Waals surface area contributed by atoms with Gasteiger partial charge in [0.25, 0.3) is 0 Å². The number of methoxy groups -OCH3 is 1. The molecule has 4 rings (SSSR count). The van der Waals surface area contributed by atoms with Crippen molar-refractivity contribution in [1.29, 1.82) is 0 Å². The number of esters is 1. The van der Waals surface area contributed by atoms with Crippen molar-refractivity contribution in [2.24, 2.45) is 5.92 Å². The first kappa shape index (κ1) is 20.3. The third-order valence-corrected chi connectivity index (χ3v) is 7.76. The van der Waals surface area contributed by atoms with Gasteiger partial charge in [-0.25, -0.2) is 4.79 Å². The number of carbonyl (C=O) groups is 1. The lowest BCUT2D eigenvalue weighted by Crippen LogP contribution is -2.24. The highest BCUT2D eigenvalue weighted by molar-refractivity contribution is 8.24. The van der Waals surface area contributed by atoms with Gasteiger partial charge in [0.15, 0.2) is 0 Å². The quantitative estimate of drug-likeness (QED) is 0.673. The second-order valence-electron chi connectivity index (χ2n) is 8.00. The smallest absolute Gasteiger partial charge is 0.337 e. The Kier molecular flexibility index (Phi) is 5.86. The van der Waals surface area contributed by atoms with Crippen LogP contribution in [0.5, 0.6) is 5.75 Å². The highest BCUT2D eigenvalue weighted by Crippen LogP contribution is 2.45. The van der Waals surface area contributed by atoms with Crippen LogP contribution in [0.15, 0.2) is 36.4 Å². The van der Waals surface area contributed by atoms with Crippen molar-refractivity contribution in [2.45, 2.75) is 32.1 Å². The molecule has 29 heavy (non-hydrogen) atoms. The Morgan fingerprint density at radius 1 is 1.03 bits per heavy atom. The van der Waals surface area contributed by atoms with Gasteiger partial charge in [0.2, 0.25) is 0 Å². The molecule has 5 nitrogen and oxygen atoms in total. The summed E-state index contributed by atoms with van der Waals surface area (Å²) in [7, 11) is -0.940. The zero-order chi connectivity index (χ0) is 20.4. The molecule has 2 aromatic rings. The van der Waals surface area contributed by atoms with Gasteiger partial charge in [-0.05, 0) is 84.5 Å². The molecule has 0 saturated carbocycles. The number of rotatable bonds is 4. The largest absolute Gasteiger partial charge is 0.493 e. The van der Waals surface area contributed by atoms with Gasteiger partial charge in [0.1, 0.15) is 5.75 Å². The number of benzene rings is 2. The van der Waals surface area contributed by atoms with Crippen molar-refractivity contribution in [1.82, 2.24) is 0 Å². The monoisotopic (exact) mass is 416 g/mol. The molecule has 0 radical (unpaired) electrons. The van der Waals surface area contributed by atoms with Crippen LogP contribution in [0.3, 0.4) is 0 Å². The molecule has 2 aliphatic rings. The van der Waals surface area contributed by atoms with Crippen LogP contribution in [-0.4, -0.2) is 40.3 Å². The van der Waals surface area contributed by atoms with Gasteiger partial charge in [-0.3, -0.25) is 9.11 Å². The average molecular weight is 417 g/mol. The molecule has 6 heteroatoms. The van der Waals surface area contributed by atoms with E-state index in [1.54, 1.807) is 0 Å². The molecule has 1 aliphatic carbocycles. The first-order chi connectivity index (χ1) is 13.9. The third-order valence-electron chi connectivity index (χ3n) is 5.98. The van der Waals surface area contributed by atoms with E-state index in [1.165, 1.54) is 18.2 Å². The molecule has 0 aromatic heterocycles. The van der Waals surface area contributed by atoms with E-state index in [0.717, 1.165) is 49.0 Å². The minimum absolute atomic E-state index is 0.317. The zero-order valence-corrected chi connectivity index (χ0v) is 17.5. The van der Waals surface area contributed by atoms with Crippen LogP contribution < -0.4 is 4.74 Å². The molecule has 1 aliphatic heterocycles. The van der Waals surface area contributed by atoms with Gasteiger partial charge in [0.05, 0.1) is 19.3 Å². The number of hydrogen-bond acceptors (Lipinski definition) is 5. The molecule has 0 amide bonds. The summed E-state index contributed by atoms with van der Waals surface area (Å²) in [6, 6.07) is 12.0. The van der Waals surface area contributed by atoms with E-state index >= 15 is 0 Å². The Hall–Kier alpha value is -2.02. The van der Waals surface area contributed by atoms with Crippen molar-refractivity contribution in [3.05, 3.63) is 53.1 Å². The zero-order valence-electron chi connectivity index (χ0n) is 16.7. The van der Waals surface area contributed by atoms with Crippen LogP contribution in [0.2, 0.25) is 0 Å². The molecule has 1 fully saturated rings. The highest BCUT2D eigenvalue weighted by atomic mass is 32.3. The number of carbonyl (C=O) groups excluding carboxylic acids is 1. The molecule has 0 unspecified atom stereocenters. The molecule has 0 spiro atoms. The maximum atomic E-state index is 12.0. The Labute approximate surface area is 173 Å².